The van der Waals surface area contributed by atoms with Crippen LogP contribution in [0.3, 0.4) is 0 Å². The highest BCUT2D eigenvalue weighted by molar-refractivity contribution is 6.30. The molecule has 1 aromatic carbocycles. The van der Waals surface area contributed by atoms with Crippen LogP contribution < -0.4 is 5.73 Å². The van der Waals surface area contributed by atoms with Crippen molar-refractivity contribution in [2.75, 3.05) is 6.54 Å². The fourth-order valence-corrected chi connectivity index (χ4v) is 2.92. The Kier molecular flexibility index (Phi) is 2.78. The number of hydrogen-bond donors (Lipinski definition) is 1. The van der Waals surface area contributed by atoms with Gasteiger partial charge in [0.1, 0.15) is 0 Å². The van der Waals surface area contributed by atoms with Crippen LogP contribution in [-0.4, -0.2) is 6.54 Å². The molecule has 0 aromatic heterocycles. The molecule has 82 valence electrons. The Morgan fingerprint density at radius 1 is 1.47 bits per heavy atom. The molecule has 1 nitrogen and oxygen atoms in total. The molecule has 0 saturated heterocycles. The fourth-order valence-electron chi connectivity index (χ4n) is 2.72. The maximum atomic E-state index is 6.02. The molecule has 0 saturated carbocycles. The van der Waals surface area contributed by atoms with Gasteiger partial charge in [-0.3, -0.25) is 0 Å². The smallest absolute Gasteiger partial charge is 0.0408 e. The van der Waals surface area contributed by atoms with Crippen LogP contribution in [0.1, 0.15) is 31.4 Å². The van der Waals surface area contributed by atoms with E-state index in [1.807, 2.05) is 6.07 Å². The van der Waals surface area contributed by atoms with E-state index in [9.17, 15) is 0 Å². The third-order valence-electron chi connectivity index (χ3n) is 3.83. The number of rotatable bonds is 1. The number of hydrogen-bond acceptors (Lipinski definition) is 1. The summed E-state index contributed by atoms with van der Waals surface area (Å²) in [6, 6.07) is 6.26. The van der Waals surface area contributed by atoms with Gasteiger partial charge in [0.25, 0.3) is 0 Å². The van der Waals surface area contributed by atoms with E-state index in [-0.39, 0.29) is 5.41 Å². The standard InChI is InChI=1S/C13H18ClN/c1-13(2)10(8-15)4-3-9-7-11(14)5-6-12(9)13/h5-7,10H,3-4,8,15H2,1-2H3. The molecule has 2 rings (SSSR count). The van der Waals surface area contributed by atoms with Crippen molar-refractivity contribution in [2.24, 2.45) is 11.7 Å². The topological polar surface area (TPSA) is 26.0 Å². The molecular formula is C13H18ClN. The van der Waals surface area contributed by atoms with Gasteiger partial charge < -0.3 is 5.73 Å². The van der Waals surface area contributed by atoms with Crippen molar-refractivity contribution in [3.8, 4) is 0 Å². The summed E-state index contributed by atoms with van der Waals surface area (Å²) in [5.41, 5.74) is 8.85. The van der Waals surface area contributed by atoms with E-state index in [0.717, 1.165) is 18.0 Å². The molecule has 0 aliphatic heterocycles. The number of aryl methyl sites for hydroxylation is 1. The van der Waals surface area contributed by atoms with Gasteiger partial charge in [0.05, 0.1) is 0 Å². The fraction of sp³-hybridized carbons (Fsp3) is 0.538. The van der Waals surface area contributed by atoms with Crippen LogP contribution in [0.2, 0.25) is 5.02 Å². The maximum absolute atomic E-state index is 6.02. The van der Waals surface area contributed by atoms with Gasteiger partial charge in [-0.2, -0.15) is 0 Å². The Morgan fingerprint density at radius 3 is 2.87 bits per heavy atom. The lowest BCUT2D eigenvalue weighted by molar-refractivity contribution is 0.285. The highest BCUT2D eigenvalue weighted by atomic mass is 35.5. The Hall–Kier alpha value is -0.530. The first-order valence-electron chi connectivity index (χ1n) is 5.54. The predicted octanol–water partition coefficient (Wildman–Crippen LogP) is 3.14. The van der Waals surface area contributed by atoms with Crippen LogP contribution in [0.25, 0.3) is 0 Å². The van der Waals surface area contributed by atoms with E-state index in [1.54, 1.807) is 0 Å². The summed E-state index contributed by atoms with van der Waals surface area (Å²) in [4.78, 5) is 0. The van der Waals surface area contributed by atoms with Gasteiger partial charge in [0.15, 0.2) is 0 Å². The molecule has 2 N–H and O–H groups in total. The van der Waals surface area contributed by atoms with Crippen molar-refractivity contribution in [1.82, 2.24) is 0 Å². The van der Waals surface area contributed by atoms with Gasteiger partial charge in [0.2, 0.25) is 0 Å². The average molecular weight is 224 g/mol. The van der Waals surface area contributed by atoms with E-state index in [4.69, 9.17) is 17.3 Å². The SMILES string of the molecule is CC1(C)c2ccc(Cl)cc2CCC1CN. The van der Waals surface area contributed by atoms with Gasteiger partial charge in [-0.05, 0) is 54.0 Å². The van der Waals surface area contributed by atoms with Gasteiger partial charge in [-0.15, -0.1) is 0 Å². The van der Waals surface area contributed by atoms with Crippen molar-refractivity contribution < 1.29 is 0 Å². The van der Waals surface area contributed by atoms with Gasteiger partial charge in [-0.25, -0.2) is 0 Å². The van der Waals surface area contributed by atoms with Crippen molar-refractivity contribution in [2.45, 2.75) is 32.1 Å². The molecule has 1 unspecified atom stereocenters. The molecule has 1 atom stereocenters. The monoisotopic (exact) mass is 223 g/mol. The van der Waals surface area contributed by atoms with Crippen LogP contribution in [0, 0.1) is 5.92 Å². The predicted molar refractivity (Wildman–Crippen MR) is 65.3 cm³/mol. The van der Waals surface area contributed by atoms with Crippen molar-refractivity contribution in [3.63, 3.8) is 0 Å². The maximum Gasteiger partial charge on any atom is 0.0408 e. The first kappa shape index (κ1) is 11.0. The Bertz CT molecular complexity index is 371. The molecule has 0 bridgehead atoms. The molecule has 1 aromatic rings. The zero-order valence-electron chi connectivity index (χ0n) is 9.39. The van der Waals surface area contributed by atoms with Gasteiger partial charge in [0, 0.05) is 5.02 Å². The average Bonchev–Trinajstić information content (AvgIpc) is 2.17. The lowest BCUT2D eigenvalue weighted by Gasteiger charge is -2.40. The second-order valence-electron chi connectivity index (χ2n) is 4.99. The molecule has 2 heteroatoms. The number of benzene rings is 1. The third-order valence-corrected chi connectivity index (χ3v) is 4.06. The summed E-state index contributed by atoms with van der Waals surface area (Å²) in [7, 11) is 0. The number of nitrogens with two attached hydrogens (primary N) is 1. The van der Waals surface area contributed by atoms with Crippen LogP contribution in [-0.2, 0) is 11.8 Å². The second-order valence-corrected chi connectivity index (χ2v) is 5.43. The minimum Gasteiger partial charge on any atom is -0.330 e. The van der Waals surface area contributed by atoms with Crippen LogP contribution >= 0.6 is 11.6 Å². The van der Waals surface area contributed by atoms with E-state index in [1.165, 1.54) is 17.5 Å². The molecule has 0 amide bonds. The number of halogens is 1. The van der Waals surface area contributed by atoms with E-state index < -0.39 is 0 Å². The quantitative estimate of drug-likeness (QED) is 0.778. The molecule has 0 spiro atoms. The summed E-state index contributed by atoms with van der Waals surface area (Å²) in [5.74, 6) is 0.589. The van der Waals surface area contributed by atoms with E-state index in [0.29, 0.717) is 5.92 Å². The summed E-state index contributed by atoms with van der Waals surface area (Å²) >= 11 is 6.02. The largest absolute Gasteiger partial charge is 0.330 e. The lowest BCUT2D eigenvalue weighted by Crippen LogP contribution is -2.38. The molecule has 1 aliphatic rings. The summed E-state index contributed by atoms with van der Waals surface area (Å²) in [6.45, 7) is 5.35. The molecular weight excluding hydrogens is 206 g/mol. The molecule has 15 heavy (non-hydrogen) atoms. The summed E-state index contributed by atoms with van der Waals surface area (Å²) in [6.07, 6.45) is 2.29. The van der Waals surface area contributed by atoms with Crippen molar-refractivity contribution in [3.05, 3.63) is 34.3 Å². The highest BCUT2D eigenvalue weighted by Crippen LogP contribution is 2.41. The second kappa shape index (κ2) is 3.80. The Morgan fingerprint density at radius 2 is 2.20 bits per heavy atom. The first-order chi connectivity index (χ1) is 7.05. The zero-order valence-corrected chi connectivity index (χ0v) is 10.1. The van der Waals surface area contributed by atoms with Gasteiger partial charge >= 0.3 is 0 Å². The van der Waals surface area contributed by atoms with Crippen LogP contribution in [0.5, 0.6) is 0 Å². The van der Waals surface area contributed by atoms with Crippen LogP contribution in [0.15, 0.2) is 18.2 Å². The Balaban J connectivity index is 2.47. The highest BCUT2D eigenvalue weighted by Gasteiger charge is 2.35. The van der Waals surface area contributed by atoms with Crippen molar-refractivity contribution in [1.29, 1.82) is 0 Å². The van der Waals surface area contributed by atoms with E-state index in [2.05, 4.69) is 26.0 Å². The van der Waals surface area contributed by atoms with Crippen LogP contribution in [0.4, 0.5) is 0 Å². The summed E-state index contributed by atoms with van der Waals surface area (Å²) in [5, 5.41) is 0.843. The van der Waals surface area contributed by atoms with Gasteiger partial charge in [-0.1, -0.05) is 31.5 Å². The summed E-state index contributed by atoms with van der Waals surface area (Å²) < 4.78 is 0. The zero-order chi connectivity index (χ0) is 11.1. The minimum atomic E-state index is 0.187. The molecule has 1 aliphatic carbocycles. The normalized spacial score (nSPS) is 23.6. The van der Waals surface area contributed by atoms with Crippen molar-refractivity contribution >= 4 is 11.6 Å². The Labute approximate surface area is 96.6 Å². The minimum absolute atomic E-state index is 0.187. The third kappa shape index (κ3) is 1.79. The number of fused-ring (bicyclic) bond motifs is 1. The molecule has 0 fully saturated rings. The lowest BCUT2D eigenvalue weighted by atomic mass is 9.65. The first-order valence-corrected chi connectivity index (χ1v) is 5.92. The molecule has 0 radical (unpaired) electrons. The van der Waals surface area contributed by atoms with E-state index >= 15 is 0 Å². The molecule has 0 heterocycles.